The van der Waals surface area contributed by atoms with Crippen molar-refractivity contribution in [2.75, 3.05) is 78.9 Å². The van der Waals surface area contributed by atoms with Crippen LogP contribution in [0, 0.1) is 11.8 Å². The lowest BCUT2D eigenvalue weighted by atomic mass is 10.1. The van der Waals surface area contributed by atoms with E-state index < -0.39 is 0 Å². The number of nitrogens with zero attached hydrogens (tertiary/aromatic N) is 2. The van der Waals surface area contributed by atoms with E-state index in [4.69, 9.17) is 19.2 Å². The van der Waals surface area contributed by atoms with Crippen LogP contribution < -0.4 is 10.6 Å². The first-order valence-electron chi connectivity index (χ1n) is 10.3. The molecule has 0 radical (unpaired) electrons. The largest absolute Gasteiger partial charge is 0.381 e. The van der Waals surface area contributed by atoms with Gasteiger partial charge in [0.2, 0.25) is 0 Å². The van der Waals surface area contributed by atoms with Gasteiger partial charge in [-0.3, -0.25) is 9.89 Å². The molecule has 0 spiro atoms. The molecule has 26 heavy (non-hydrogen) atoms. The number of ether oxygens (including phenoxy) is 3. The maximum atomic E-state index is 5.75. The van der Waals surface area contributed by atoms with E-state index >= 15 is 0 Å². The molecule has 2 unspecified atom stereocenters. The summed E-state index contributed by atoms with van der Waals surface area (Å²) in [4.78, 5) is 7.21. The standard InChI is InChI=1S/C19H38N4O3/c1-3-20-19(21-6-4-9-25-15-18-5-10-26-16-18)22-13-17(2)14-23-7-11-24-12-8-23/h17-18H,3-16H2,1-2H3,(H2,20,21,22). The van der Waals surface area contributed by atoms with Crippen molar-refractivity contribution in [3.8, 4) is 0 Å². The van der Waals surface area contributed by atoms with Gasteiger partial charge in [0.25, 0.3) is 0 Å². The van der Waals surface area contributed by atoms with E-state index in [1.807, 2.05) is 0 Å². The van der Waals surface area contributed by atoms with Crippen LogP contribution in [0.2, 0.25) is 0 Å². The summed E-state index contributed by atoms with van der Waals surface area (Å²) in [5.41, 5.74) is 0. The average Bonchev–Trinajstić information content (AvgIpc) is 3.16. The fraction of sp³-hybridized carbons (Fsp3) is 0.947. The molecular weight excluding hydrogens is 332 g/mol. The Balaban J connectivity index is 1.55. The molecule has 2 N–H and O–H groups in total. The van der Waals surface area contributed by atoms with Gasteiger partial charge in [0.05, 0.1) is 26.4 Å². The minimum Gasteiger partial charge on any atom is -0.381 e. The van der Waals surface area contributed by atoms with Crippen LogP contribution in [0.4, 0.5) is 0 Å². The fourth-order valence-corrected chi connectivity index (χ4v) is 3.22. The second-order valence-electron chi connectivity index (χ2n) is 7.32. The highest BCUT2D eigenvalue weighted by Gasteiger charge is 2.15. The van der Waals surface area contributed by atoms with Crippen LogP contribution in [0.1, 0.15) is 26.7 Å². The predicted octanol–water partition coefficient (Wildman–Crippen LogP) is 0.953. The van der Waals surface area contributed by atoms with Gasteiger partial charge in [-0.15, -0.1) is 0 Å². The van der Waals surface area contributed by atoms with E-state index in [-0.39, 0.29) is 0 Å². The van der Waals surface area contributed by atoms with Crippen LogP contribution in [0.15, 0.2) is 4.99 Å². The molecule has 0 aromatic carbocycles. The number of hydrogen-bond donors (Lipinski definition) is 2. The van der Waals surface area contributed by atoms with Crippen molar-refractivity contribution in [1.82, 2.24) is 15.5 Å². The Labute approximate surface area is 158 Å². The number of aliphatic imine (C=N–C) groups is 1. The Morgan fingerprint density at radius 2 is 2.08 bits per heavy atom. The molecule has 2 rings (SSSR count). The summed E-state index contributed by atoms with van der Waals surface area (Å²) in [5, 5.41) is 6.73. The van der Waals surface area contributed by atoms with Gasteiger partial charge in [0, 0.05) is 58.4 Å². The van der Waals surface area contributed by atoms with Crippen LogP contribution in [0.5, 0.6) is 0 Å². The van der Waals surface area contributed by atoms with E-state index in [1.165, 1.54) is 0 Å². The topological polar surface area (TPSA) is 67.4 Å². The van der Waals surface area contributed by atoms with Crippen molar-refractivity contribution < 1.29 is 14.2 Å². The van der Waals surface area contributed by atoms with Gasteiger partial charge >= 0.3 is 0 Å². The van der Waals surface area contributed by atoms with Crippen LogP contribution >= 0.6 is 0 Å². The summed E-state index contributed by atoms with van der Waals surface area (Å²) in [6.07, 6.45) is 2.12. The van der Waals surface area contributed by atoms with Gasteiger partial charge in [-0.05, 0) is 25.7 Å². The molecule has 0 amide bonds. The molecule has 0 aromatic heterocycles. The average molecular weight is 371 g/mol. The Bertz CT molecular complexity index is 383. The number of nitrogens with one attached hydrogen (secondary N) is 2. The van der Waals surface area contributed by atoms with Crippen LogP contribution in [-0.2, 0) is 14.2 Å². The first-order valence-corrected chi connectivity index (χ1v) is 10.3. The highest BCUT2D eigenvalue weighted by molar-refractivity contribution is 5.79. The number of hydrogen-bond acceptors (Lipinski definition) is 5. The smallest absolute Gasteiger partial charge is 0.191 e. The monoisotopic (exact) mass is 370 g/mol. The number of morpholine rings is 1. The molecule has 2 fully saturated rings. The molecule has 152 valence electrons. The first kappa shape index (κ1) is 21.4. The lowest BCUT2D eigenvalue weighted by molar-refractivity contribution is 0.0323. The third kappa shape index (κ3) is 9.16. The van der Waals surface area contributed by atoms with Crippen molar-refractivity contribution in [2.24, 2.45) is 16.8 Å². The van der Waals surface area contributed by atoms with Gasteiger partial charge in [-0.1, -0.05) is 6.92 Å². The van der Waals surface area contributed by atoms with Crippen molar-refractivity contribution in [1.29, 1.82) is 0 Å². The molecule has 0 aliphatic carbocycles. The Morgan fingerprint density at radius 3 is 2.81 bits per heavy atom. The second-order valence-corrected chi connectivity index (χ2v) is 7.32. The van der Waals surface area contributed by atoms with Crippen molar-refractivity contribution in [3.63, 3.8) is 0 Å². The predicted molar refractivity (Wildman–Crippen MR) is 105 cm³/mol. The highest BCUT2D eigenvalue weighted by Crippen LogP contribution is 2.12. The Morgan fingerprint density at radius 1 is 1.23 bits per heavy atom. The molecule has 2 aliphatic rings. The summed E-state index contributed by atoms with van der Waals surface area (Å²) in [7, 11) is 0. The van der Waals surface area contributed by atoms with E-state index in [0.717, 1.165) is 97.7 Å². The lowest BCUT2D eigenvalue weighted by Crippen LogP contribution is -2.40. The van der Waals surface area contributed by atoms with Gasteiger partial charge < -0.3 is 24.8 Å². The zero-order chi connectivity index (χ0) is 18.5. The van der Waals surface area contributed by atoms with Crippen molar-refractivity contribution in [2.45, 2.75) is 26.7 Å². The molecule has 2 saturated heterocycles. The minimum atomic E-state index is 0.542. The first-order chi connectivity index (χ1) is 12.8. The molecule has 0 saturated carbocycles. The van der Waals surface area contributed by atoms with Crippen LogP contribution in [-0.4, -0.2) is 89.8 Å². The van der Waals surface area contributed by atoms with Gasteiger partial charge in [0.1, 0.15) is 0 Å². The molecule has 0 bridgehead atoms. The maximum Gasteiger partial charge on any atom is 0.191 e. The van der Waals surface area contributed by atoms with E-state index in [1.54, 1.807) is 0 Å². The molecule has 0 aromatic rings. The molecule has 2 atom stereocenters. The van der Waals surface area contributed by atoms with Gasteiger partial charge in [0.15, 0.2) is 5.96 Å². The van der Waals surface area contributed by atoms with E-state index in [2.05, 4.69) is 29.4 Å². The third-order valence-electron chi connectivity index (χ3n) is 4.71. The summed E-state index contributed by atoms with van der Waals surface area (Å²) >= 11 is 0. The Hall–Kier alpha value is -0.890. The fourth-order valence-electron chi connectivity index (χ4n) is 3.22. The van der Waals surface area contributed by atoms with E-state index in [9.17, 15) is 0 Å². The van der Waals surface area contributed by atoms with Crippen molar-refractivity contribution >= 4 is 5.96 Å². The summed E-state index contributed by atoms with van der Waals surface area (Å²) in [6.45, 7) is 15.2. The second kappa shape index (κ2) is 13.3. The molecule has 7 nitrogen and oxygen atoms in total. The molecule has 2 heterocycles. The van der Waals surface area contributed by atoms with Gasteiger partial charge in [-0.2, -0.15) is 0 Å². The quantitative estimate of drug-likeness (QED) is 0.321. The van der Waals surface area contributed by atoms with E-state index in [0.29, 0.717) is 11.8 Å². The van der Waals surface area contributed by atoms with Crippen LogP contribution in [0.3, 0.4) is 0 Å². The maximum absolute atomic E-state index is 5.75. The molecular formula is C19H38N4O3. The molecule has 2 aliphatic heterocycles. The molecule has 7 heteroatoms. The number of rotatable bonds is 11. The normalized spacial score (nSPS) is 23.2. The third-order valence-corrected chi connectivity index (χ3v) is 4.71. The SMILES string of the molecule is CCNC(=NCC(C)CN1CCOCC1)NCCCOCC1CCOC1. The summed E-state index contributed by atoms with van der Waals surface area (Å²) in [6, 6.07) is 0. The number of guanidine groups is 1. The lowest BCUT2D eigenvalue weighted by Gasteiger charge is -2.28. The zero-order valence-corrected chi connectivity index (χ0v) is 16.7. The summed E-state index contributed by atoms with van der Waals surface area (Å²) in [5.74, 6) is 2.04. The highest BCUT2D eigenvalue weighted by atomic mass is 16.5. The van der Waals surface area contributed by atoms with Gasteiger partial charge in [-0.25, -0.2) is 0 Å². The van der Waals surface area contributed by atoms with Crippen molar-refractivity contribution in [3.05, 3.63) is 0 Å². The zero-order valence-electron chi connectivity index (χ0n) is 16.7. The minimum absolute atomic E-state index is 0.542. The van der Waals surface area contributed by atoms with Crippen LogP contribution in [0.25, 0.3) is 0 Å². The Kier molecular flexibility index (Phi) is 11.0. The summed E-state index contributed by atoms with van der Waals surface area (Å²) < 4.78 is 16.5.